The molecule has 110 valence electrons. The highest BCUT2D eigenvalue weighted by Crippen LogP contribution is 2.13. The average molecular weight is 276 g/mol. The number of carbonyl (C=O) groups is 2. The van der Waals surface area contributed by atoms with Crippen molar-refractivity contribution in [3.05, 3.63) is 35.4 Å². The van der Waals surface area contributed by atoms with E-state index >= 15 is 0 Å². The summed E-state index contributed by atoms with van der Waals surface area (Å²) < 4.78 is 4.86. The van der Waals surface area contributed by atoms with Crippen molar-refractivity contribution < 1.29 is 14.3 Å². The number of unbranched alkanes of at least 4 members (excludes halogenated alkanes) is 3. The highest BCUT2D eigenvalue weighted by atomic mass is 16.5. The Labute approximate surface area is 121 Å². The molecular weight excluding hydrogens is 252 g/mol. The van der Waals surface area contributed by atoms with Crippen molar-refractivity contribution in [2.75, 3.05) is 6.61 Å². The second kappa shape index (κ2) is 9.29. The smallest absolute Gasteiger partial charge is 0.305 e. The Bertz CT molecular complexity index is 438. The Morgan fingerprint density at radius 2 is 1.65 bits per heavy atom. The van der Waals surface area contributed by atoms with Crippen LogP contribution in [0.4, 0.5) is 0 Å². The molecule has 0 fully saturated rings. The number of rotatable bonds is 9. The molecule has 1 rings (SSSR count). The maximum absolute atomic E-state index is 12.0. The van der Waals surface area contributed by atoms with Gasteiger partial charge in [0, 0.05) is 18.4 Å². The van der Waals surface area contributed by atoms with Gasteiger partial charge in [0.05, 0.1) is 6.61 Å². The summed E-state index contributed by atoms with van der Waals surface area (Å²) in [5, 5.41) is 0. The van der Waals surface area contributed by atoms with Crippen LogP contribution < -0.4 is 0 Å². The largest absolute Gasteiger partial charge is 0.466 e. The molecule has 1 aromatic carbocycles. The normalized spacial score (nSPS) is 10.3. The van der Waals surface area contributed by atoms with Crippen molar-refractivity contribution in [3.63, 3.8) is 0 Å². The van der Waals surface area contributed by atoms with Crippen LogP contribution in [0.2, 0.25) is 0 Å². The highest BCUT2D eigenvalue weighted by Gasteiger charge is 2.07. The fourth-order valence-corrected chi connectivity index (χ4v) is 2.16. The van der Waals surface area contributed by atoms with Crippen molar-refractivity contribution >= 4 is 11.8 Å². The Balaban J connectivity index is 2.14. The van der Waals surface area contributed by atoms with Crippen LogP contribution >= 0.6 is 0 Å². The highest BCUT2D eigenvalue weighted by molar-refractivity contribution is 5.97. The van der Waals surface area contributed by atoms with E-state index in [9.17, 15) is 9.59 Å². The summed E-state index contributed by atoms with van der Waals surface area (Å²) >= 11 is 0. The van der Waals surface area contributed by atoms with Gasteiger partial charge in [-0.15, -0.1) is 0 Å². The zero-order valence-electron chi connectivity index (χ0n) is 12.5. The number of esters is 1. The summed E-state index contributed by atoms with van der Waals surface area (Å²) in [6.07, 6.45) is 4.76. The lowest BCUT2D eigenvalue weighted by Crippen LogP contribution is -2.03. The zero-order chi connectivity index (χ0) is 14.8. The maximum atomic E-state index is 12.0. The van der Waals surface area contributed by atoms with Crippen LogP contribution in [0.25, 0.3) is 0 Å². The molecule has 0 radical (unpaired) electrons. The molecule has 0 unspecified atom stereocenters. The van der Waals surface area contributed by atoms with Crippen molar-refractivity contribution in [1.82, 2.24) is 0 Å². The number of ether oxygens (including phenoxy) is 1. The minimum absolute atomic E-state index is 0.122. The van der Waals surface area contributed by atoms with E-state index in [0.717, 1.165) is 36.8 Å². The van der Waals surface area contributed by atoms with Gasteiger partial charge in [0.2, 0.25) is 0 Å². The average Bonchev–Trinajstić information content (AvgIpc) is 2.43. The van der Waals surface area contributed by atoms with Gasteiger partial charge in [-0.05, 0) is 32.3 Å². The molecule has 0 atom stereocenters. The van der Waals surface area contributed by atoms with E-state index in [0.29, 0.717) is 19.4 Å². The summed E-state index contributed by atoms with van der Waals surface area (Å²) in [5.41, 5.74) is 1.87. The van der Waals surface area contributed by atoms with Gasteiger partial charge in [-0.3, -0.25) is 9.59 Å². The third kappa shape index (κ3) is 6.00. The van der Waals surface area contributed by atoms with E-state index in [1.54, 1.807) is 0 Å². The van der Waals surface area contributed by atoms with Crippen molar-refractivity contribution in [2.45, 2.75) is 52.4 Å². The number of Topliss-reactive ketones (excluding diaryl/α,β-unsaturated/α-hetero) is 1. The van der Waals surface area contributed by atoms with Gasteiger partial charge >= 0.3 is 5.97 Å². The quantitative estimate of drug-likeness (QED) is 0.388. The van der Waals surface area contributed by atoms with Crippen LogP contribution in [0.15, 0.2) is 24.3 Å². The van der Waals surface area contributed by atoms with E-state index in [1.165, 1.54) is 0 Å². The monoisotopic (exact) mass is 276 g/mol. The van der Waals surface area contributed by atoms with Crippen LogP contribution in [0.1, 0.15) is 61.4 Å². The summed E-state index contributed by atoms with van der Waals surface area (Å²) in [7, 11) is 0. The van der Waals surface area contributed by atoms with Gasteiger partial charge in [-0.1, -0.05) is 37.1 Å². The minimum atomic E-state index is -0.122. The molecule has 0 N–H and O–H groups in total. The number of aryl methyl sites for hydroxylation is 1. The van der Waals surface area contributed by atoms with Gasteiger partial charge in [-0.2, -0.15) is 0 Å². The van der Waals surface area contributed by atoms with Crippen molar-refractivity contribution in [2.24, 2.45) is 0 Å². The van der Waals surface area contributed by atoms with Gasteiger partial charge in [0.1, 0.15) is 0 Å². The van der Waals surface area contributed by atoms with E-state index in [-0.39, 0.29) is 11.8 Å². The van der Waals surface area contributed by atoms with Crippen LogP contribution in [-0.4, -0.2) is 18.4 Å². The summed E-state index contributed by atoms with van der Waals surface area (Å²) in [4.78, 5) is 23.1. The van der Waals surface area contributed by atoms with Gasteiger partial charge in [0.25, 0.3) is 0 Å². The molecule has 0 aliphatic rings. The third-order valence-electron chi connectivity index (χ3n) is 3.29. The molecule has 0 aliphatic heterocycles. The number of benzene rings is 1. The first-order valence-corrected chi connectivity index (χ1v) is 7.39. The van der Waals surface area contributed by atoms with Crippen LogP contribution in [0.3, 0.4) is 0 Å². The SMILES string of the molecule is CCOC(=O)CCCCCCC(=O)c1ccccc1C. The number of hydrogen-bond donors (Lipinski definition) is 0. The first-order valence-electron chi connectivity index (χ1n) is 7.39. The molecule has 3 heteroatoms. The molecular formula is C17H24O3. The van der Waals surface area contributed by atoms with E-state index in [4.69, 9.17) is 4.74 Å². The van der Waals surface area contributed by atoms with Gasteiger partial charge < -0.3 is 4.74 Å². The van der Waals surface area contributed by atoms with E-state index in [2.05, 4.69) is 0 Å². The molecule has 0 saturated carbocycles. The van der Waals surface area contributed by atoms with Crippen LogP contribution in [0.5, 0.6) is 0 Å². The second-order valence-electron chi connectivity index (χ2n) is 4.96. The molecule has 20 heavy (non-hydrogen) atoms. The number of hydrogen-bond acceptors (Lipinski definition) is 3. The molecule has 0 aliphatic carbocycles. The first-order chi connectivity index (χ1) is 9.65. The lowest BCUT2D eigenvalue weighted by Gasteiger charge is -2.05. The topological polar surface area (TPSA) is 43.4 Å². The second-order valence-corrected chi connectivity index (χ2v) is 4.96. The number of ketones is 1. The minimum Gasteiger partial charge on any atom is -0.466 e. The number of carbonyl (C=O) groups excluding carboxylic acids is 2. The molecule has 0 spiro atoms. The summed E-state index contributed by atoms with van der Waals surface area (Å²) in [6, 6.07) is 7.70. The molecule has 0 heterocycles. The molecule has 0 aromatic heterocycles. The molecule has 0 saturated heterocycles. The Hall–Kier alpha value is -1.64. The molecule has 0 bridgehead atoms. The maximum Gasteiger partial charge on any atom is 0.305 e. The molecule has 1 aromatic rings. The first kappa shape index (κ1) is 16.4. The fourth-order valence-electron chi connectivity index (χ4n) is 2.16. The van der Waals surface area contributed by atoms with Gasteiger partial charge in [0.15, 0.2) is 5.78 Å². The van der Waals surface area contributed by atoms with Crippen molar-refractivity contribution in [3.8, 4) is 0 Å². The summed E-state index contributed by atoms with van der Waals surface area (Å²) in [5.74, 6) is 0.0944. The van der Waals surface area contributed by atoms with Crippen molar-refractivity contribution in [1.29, 1.82) is 0 Å². The Morgan fingerprint density at radius 1 is 1.00 bits per heavy atom. The van der Waals surface area contributed by atoms with E-state index in [1.807, 2.05) is 38.1 Å². The van der Waals surface area contributed by atoms with Crippen LogP contribution in [0, 0.1) is 6.92 Å². The van der Waals surface area contributed by atoms with Gasteiger partial charge in [-0.25, -0.2) is 0 Å². The predicted molar refractivity (Wildman–Crippen MR) is 79.8 cm³/mol. The lowest BCUT2D eigenvalue weighted by atomic mass is 10.00. The zero-order valence-corrected chi connectivity index (χ0v) is 12.5. The standard InChI is InChI=1S/C17H24O3/c1-3-20-17(19)13-7-5-4-6-12-16(18)15-11-9-8-10-14(15)2/h8-11H,3-7,12-13H2,1-2H3. The summed E-state index contributed by atoms with van der Waals surface area (Å²) in [6.45, 7) is 4.23. The Morgan fingerprint density at radius 3 is 2.30 bits per heavy atom. The Kier molecular flexibility index (Phi) is 7.63. The third-order valence-corrected chi connectivity index (χ3v) is 3.29. The predicted octanol–water partition coefficient (Wildman–Crippen LogP) is 4.08. The lowest BCUT2D eigenvalue weighted by molar-refractivity contribution is -0.143. The van der Waals surface area contributed by atoms with Crippen LogP contribution in [-0.2, 0) is 9.53 Å². The molecule has 3 nitrogen and oxygen atoms in total. The van der Waals surface area contributed by atoms with E-state index < -0.39 is 0 Å². The fraction of sp³-hybridized carbons (Fsp3) is 0.529. The molecule has 0 amide bonds.